The first-order chi connectivity index (χ1) is 15.1. The van der Waals surface area contributed by atoms with Gasteiger partial charge in [-0.2, -0.15) is 0 Å². The maximum absolute atomic E-state index is 12.1. The zero-order valence-corrected chi connectivity index (χ0v) is 19.0. The van der Waals surface area contributed by atoms with Crippen molar-refractivity contribution in [2.45, 2.75) is 64.0 Å². The summed E-state index contributed by atoms with van der Waals surface area (Å²) in [7, 11) is 1.82. The molecule has 0 spiro atoms. The van der Waals surface area contributed by atoms with E-state index in [9.17, 15) is 9.90 Å². The maximum atomic E-state index is 12.1. The van der Waals surface area contributed by atoms with E-state index in [4.69, 9.17) is 4.74 Å². The van der Waals surface area contributed by atoms with Crippen molar-refractivity contribution >= 4 is 6.09 Å². The lowest BCUT2D eigenvalue weighted by Crippen LogP contribution is -2.48. The van der Waals surface area contributed by atoms with E-state index >= 15 is 0 Å². The molecule has 0 saturated carbocycles. The van der Waals surface area contributed by atoms with Crippen molar-refractivity contribution in [2.75, 3.05) is 39.8 Å². The number of benzene rings is 1. The van der Waals surface area contributed by atoms with Gasteiger partial charge in [-0.15, -0.1) is 0 Å². The largest absolute Gasteiger partial charge is 0.450 e. The number of ether oxygens (including phenoxy) is 1. The van der Waals surface area contributed by atoms with Crippen LogP contribution in [0.1, 0.15) is 56.2 Å². The van der Waals surface area contributed by atoms with Crippen LogP contribution in [0.25, 0.3) is 0 Å². The van der Waals surface area contributed by atoms with Crippen LogP contribution in [0.15, 0.2) is 24.3 Å². The van der Waals surface area contributed by atoms with Crippen LogP contribution < -0.4 is 5.32 Å². The van der Waals surface area contributed by atoms with Crippen LogP contribution >= 0.6 is 0 Å². The molecule has 1 aromatic carbocycles. The first-order valence-electron chi connectivity index (χ1n) is 12.0. The second-order valence-corrected chi connectivity index (χ2v) is 9.12. The minimum absolute atomic E-state index is 0.162. The highest BCUT2D eigenvalue weighted by molar-refractivity contribution is 5.67. The molecule has 2 saturated heterocycles. The van der Waals surface area contributed by atoms with Gasteiger partial charge in [-0.3, -0.25) is 10.2 Å². The zero-order valence-electron chi connectivity index (χ0n) is 19.0. The molecule has 3 heterocycles. The lowest BCUT2D eigenvalue weighted by atomic mass is 9.84. The van der Waals surface area contributed by atoms with Crippen molar-refractivity contribution in [1.29, 1.82) is 0 Å². The van der Waals surface area contributed by atoms with Gasteiger partial charge in [0.25, 0.3) is 0 Å². The van der Waals surface area contributed by atoms with Crippen molar-refractivity contribution < 1.29 is 14.6 Å². The van der Waals surface area contributed by atoms with Crippen LogP contribution in [0.4, 0.5) is 4.79 Å². The van der Waals surface area contributed by atoms with E-state index in [-0.39, 0.29) is 12.1 Å². The van der Waals surface area contributed by atoms with Crippen molar-refractivity contribution in [2.24, 2.45) is 5.92 Å². The molecule has 172 valence electrons. The molecule has 0 bridgehead atoms. The van der Waals surface area contributed by atoms with Crippen molar-refractivity contribution in [1.82, 2.24) is 20.0 Å². The number of carbonyl (C=O) groups excluding carboxylic acids is 1. The fraction of sp³-hybridized carbons (Fsp3) is 0.708. The molecule has 31 heavy (non-hydrogen) atoms. The van der Waals surface area contributed by atoms with E-state index in [2.05, 4.69) is 39.4 Å². The van der Waals surface area contributed by atoms with Gasteiger partial charge in [-0.25, -0.2) is 4.79 Å². The number of rotatable bonds is 5. The molecule has 0 aliphatic carbocycles. The molecule has 4 rings (SSSR count). The molecule has 3 unspecified atom stereocenters. The monoisotopic (exact) mass is 430 g/mol. The number of carbonyl (C=O) groups is 1. The van der Waals surface area contributed by atoms with Gasteiger partial charge in [0.05, 0.1) is 6.61 Å². The Labute approximate surface area is 186 Å². The fourth-order valence-corrected chi connectivity index (χ4v) is 5.81. The highest BCUT2D eigenvalue weighted by atomic mass is 16.6. The van der Waals surface area contributed by atoms with Gasteiger partial charge < -0.3 is 19.6 Å². The predicted octanol–water partition coefficient (Wildman–Crippen LogP) is 2.76. The summed E-state index contributed by atoms with van der Waals surface area (Å²) in [4.78, 5) is 18.8. The Hall–Kier alpha value is -1.67. The van der Waals surface area contributed by atoms with Crippen LogP contribution in [0.2, 0.25) is 0 Å². The number of likely N-dealkylation sites (tertiary alicyclic amines) is 2. The van der Waals surface area contributed by atoms with Gasteiger partial charge in [0, 0.05) is 31.7 Å². The van der Waals surface area contributed by atoms with E-state index in [1.54, 1.807) is 0 Å². The maximum Gasteiger partial charge on any atom is 0.409 e. The SMILES string of the molecule is CCOC(=O)N1CCCC(N2CCC(C3c4ccccc4CN3C(O)NC)CC2)CC1. The third kappa shape index (κ3) is 4.90. The van der Waals surface area contributed by atoms with Gasteiger partial charge in [-0.05, 0) is 76.2 Å². The molecule has 0 radical (unpaired) electrons. The van der Waals surface area contributed by atoms with E-state index in [1.165, 1.54) is 11.1 Å². The lowest BCUT2D eigenvalue weighted by Gasteiger charge is -2.42. The molecule has 7 heteroatoms. The van der Waals surface area contributed by atoms with Gasteiger partial charge in [0.1, 0.15) is 0 Å². The molecule has 2 fully saturated rings. The number of piperidine rings is 1. The molecule has 1 aromatic rings. The third-order valence-corrected chi connectivity index (χ3v) is 7.42. The predicted molar refractivity (Wildman–Crippen MR) is 120 cm³/mol. The average Bonchev–Trinajstić information content (AvgIpc) is 3.01. The number of hydrogen-bond donors (Lipinski definition) is 2. The Morgan fingerprint density at radius 1 is 1.16 bits per heavy atom. The fourth-order valence-electron chi connectivity index (χ4n) is 5.81. The smallest absolute Gasteiger partial charge is 0.409 e. The highest BCUT2D eigenvalue weighted by Gasteiger charge is 2.40. The summed E-state index contributed by atoms with van der Waals surface area (Å²) in [6.45, 7) is 6.89. The molecule has 3 aliphatic heterocycles. The number of nitrogens with one attached hydrogen (secondary N) is 1. The molecule has 3 atom stereocenters. The molecule has 2 N–H and O–H groups in total. The van der Waals surface area contributed by atoms with Gasteiger partial charge in [-0.1, -0.05) is 24.3 Å². The number of aliphatic hydroxyl groups is 1. The van der Waals surface area contributed by atoms with Crippen LogP contribution in [-0.2, 0) is 11.3 Å². The summed E-state index contributed by atoms with van der Waals surface area (Å²) in [5.41, 5.74) is 2.72. The van der Waals surface area contributed by atoms with Crippen LogP contribution in [0.3, 0.4) is 0 Å². The van der Waals surface area contributed by atoms with Gasteiger partial charge >= 0.3 is 6.09 Å². The van der Waals surface area contributed by atoms with E-state index in [0.29, 0.717) is 18.6 Å². The quantitative estimate of drug-likeness (QED) is 0.700. The van der Waals surface area contributed by atoms with E-state index in [0.717, 1.165) is 64.8 Å². The van der Waals surface area contributed by atoms with Gasteiger partial charge in [0.15, 0.2) is 6.35 Å². The van der Waals surface area contributed by atoms with Crippen molar-refractivity contribution in [3.05, 3.63) is 35.4 Å². The minimum Gasteiger partial charge on any atom is -0.450 e. The highest BCUT2D eigenvalue weighted by Crippen LogP contribution is 2.43. The first kappa shape index (κ1) is 22.5. The summed E-state index contributed by atoms with van der Waals surface area (Å²) in [6.07, 6.45) is 4.73. The second kappa shape index (κ2) is 10.3. The first-order valence-corrected chi connectivity index (χ1v) is 12.0. The Morgan fingerprint density at radius 3 is 2.68 bits per heavy atom. The third-order valence-electron chi connectivity index (χ3n) is 7.42. The van der Waals surface area contributed by atoms with Crippen molar-refractivity contribution in [3.8, 4) is 0 Å². The van der Waals surface area contributed by atoms with Crippen LogP contribution in [-0.4, -0.2) is 78.1 Å². The number of fused-ring (bicyclic) bond motifs is 1. The van der Waals surface area contributed by atoms with E-state index < -0.39 is 6.35 Å². The molecule has 7 nitrogen and oxygen atoms in total. The van der Waals surface area contributed by atoms with Gasteiger partial charge in [0.2, 0.25) is 0 Å². The summed E-state index contributed by atoms with van der Waals surface area (Å²) >= 11 is 0. The molecule has 1 amide bonds. The van der Waals surface area contributed by atoms with E-state index in [1.807, 2.05) is 18.9 Å². The Bertz CT molecular complexity index is 737. The number of hydrogen-bond acceptors (Lipinski definition) is 6. The molecular formula is C24H38N4O3. The summed E-state index contributed by atoms with van der Waals surface area (Å²) in [6, 6.07) is 9.48. The zero-order chi connectivity index (χ0) is 21.8. The standard InChI is InChI=1S/C24H38N4O3/c1-3-31-24(30)27-13-6-8-20(12-16-27)26-14-10-18(11-15-26)22-21-9-5-4-7-19(21)17-28(22)23(29)25-2/h4-5,7,9,18,20,22-23,25,29H,3,6,8,10-17H2,1-2H3. The summed E-state index contributed by atoms with van der Waals surface area (Å²) in [5.74, 6) is 0.546. The topological polar surface area (TPSA) is 68.3 Å². The number of aliphatic hydroxyl groups excluding tert-OH is 1. The van der Waals surface area contributed by atoms with Crippen LogP contribution in [0.5, 0.6) is 0 Å². The number of nitrogens with zero attached hydrogens (tertiary/aromatic N) is 3. The average molecular weight is 431 g/mol. The summed E-state index contributed by atoms with van der Waals surface area (Å²) < 4.78 is 5.20. The number of amides is 1. The minimum atomic E-state index is -0.619. The molecule has 3 aliphatic rings. The van der Waals surface area contributed by atoms with Crippen molar-refractivity contribution in [3.63, 3.8) is 0 Å². The summed E-state index contributed by atoms with van der Waals surface area (Å²) in [5, 5.41) is 13.6. The Morgan fingerprint density at radius 2 is 1.94 bits per heavy atom. The Balaban J connectivity index is 1.36. The normalized spacial score (nSPS) is 27.0. The lowest BCUT2D eigenvalue weighted by molar-refractivity contribution is -0.0631. The second-order valence-electron chi connectivity index (χ2n) is 9.12. The Kier molecular flexibility index (Phi) is 7.48. The van der Waals surface area contributed by atoms with Crippen LogP contribution in [0, 0.1) is 5.92 Å². The molecular weight excluding hydrogens is 392 g/mol. The molecule has 0 aromatic heterocycles.